The van der Waals surface area contributed by atoms with E-state index in [2.05, 4.69) is 29.4 Å². The van der Waals surface area contributed by atoms with E-state index in [4.69, 9.17) is 4.74 Å². The molecule has 1 amide bonds. The number of pyridine rings is 1. The van der Waals surface area contributed by atoms with Crippen LogP contribution >= 0.6 is 0 Å². The zero-order valence-corrected chi connectivity index (χ0v) is 16.4. The van der Waals surface area contributed by atoms with Crippen LogP contribution in [0.1, 0.15) is 57.8 Å². The molecule has 1 unspecified atom stereocenters. The first kappa shape index (κ1) is 18.8. The number of aromatic nitrogens is 1. The lowest BCUT2D eigenvalue weighted by Crippen LogP contribution is -2.21. The van der Waals surface area contributed by atoms with Gasteiger partial charge in [0.25, 0.3) is 5.91 Å². The van der Waals surface area contributed by atoms with E-state index in [9.17, 15) is 9.59 Å². The molecule has 2 aliphatic rings. The number of benzene rings is 1. The molecule has 1 saturated heterocycles. The molecule has 4 rings (SSSR count). The number of ketones is 1. The topological polar surface area (TPSA) is 68.3 Å². The van der Waals surface area contributed by atoms with Gasteiger partial charge in [-0.1, -0.05) is 37.3 Å². The summed E-state index contributed by atoms with van der Waals surface area (Å²) in [5.41, 5.74) is 2.80. The quantitative estimate of drug-likeness (QED) is 0.750. The number of nitrogens with one attached hydrogen (secondary N) is 1. The number of carbonyl (C=O) groups is 2. The van der Waals surface area contributed by atoms with E-state index in [1.807, 2.05) is 24.3 Å². The Morgan fingerprint density at radius 3 is 2.54 bits per heavy atom. The smallest absolute Gasteiger partial charge is 0.269 e. The molecule has 5 nitrogen and oxygen atoms in total. The van der Waals surface area contributed by atoms with Crippen LogP contribution in [0, 0.1) is 17.8 Å². The van der Waals surface area contributed by atoms with Crippen LogP contribution in [0.15, 0.2) is 42.5 Å². The van der Waals surface area contributed by atoms with Gasteiger partial charge < -0.3 is 10.1 Å². The molecule has 0 bridgehead atoms. The minimum Gasteiger partial charge on any atom is -0.381 e. The van der Waals surface area contributed by atoms with Crippen LogP contribution in [-0.4, -0.2) is 36.9 Å². The van der Waals surface area contributed by atoms with E-state index in [0.29, 0.717) is 35.4 Å². The van der Waals surface area contributed by atoms with Crippen LogP contribution in [0.25, 0.3) is 0 Å². The number of fused-ring (bicyclic) bond motifs is 1. The van der Waals surface area contributed by atoms with Gasteiger partial charge in [0.1, 0.15) is 5.69 Å². The van der Waals surface area contributed by atoms with Gasteiger partial charge in [-0.25, -0.2) is 4.98 Å². The highest BCUT2D eigenvalue weighted by atomic mass is 16.5. The molecular formula is C23H26N2O3. The summed E-state index contributed by atoms with van der Waals surface area (Å²) >= 11 is 0. The van der Waals surface area contributed by atoms with E-state index in [1.165, 1.54) is 0 Å². The Labute approximate surface area is 165 Å². The number of carbonyl (C=O) groups excluding carboxylic acids is 2. The predicted molar refractivity (Wildman–Crippen MR) is 106 cm³/mol. The van der Waals surface area contributed by atoms with E-state index < -0.39 is 0 Å². The van der Waals surface area contributed by atoms with Crippen LogP contribution in [0.2, 0.25) is 0 Å². The molecule has 0 radical (unpaired) electrons. The summed E-state index contributed by atoms with van der Waals surface area (Å²) in [6.45, 7) is 3.65. The molecule has 1 aliphatic heterocycles. The van der Waals surface area contributed by atoms with Crippen molar-refractivity contribution in [3.8, 4) is 0 Å². The summed E-state index contributed by atoms with van der Waals surface area (Å²) in [7, 11) is 1.58. The molecule has 2 fully saturated rings. The summed E-state index contributed by atoms with van der Waals surface area (Å²) < 4.78 is 5.43. The van der Waals surface area contributed by atoms with Gasteiger partial charge in [-0.05, 0) is 41.9 Å². The second kappa shape index (κ2) is 7.84. The molecule has 0 spiro atoms. The molecule has 28 heavy (non-hydrogen) atoms. The highest BCUT2D eigenvalue weighted by Gasteiger charge is 2.54. The van der Waals surface area contributed by atoms with Gasteiger partial charge in [-0.15, -0.1) is 0 Å². The van der Waals surface area contributed by atoms with E-state index in [-0.39, 0.29) is 17.6 Å². The van der Waals surface area contributed by atoms with Crippen molar-refractivity contribution in [2.75, 3.05) is 20.3 Å². The Morgan fingerprint density at radius 2 is 1.89 bits per heavy atom. The van der Waals surface area contributed by atoms with Crippen molar-refractivity contribution in [3.63, 3.8) is 0 Å². The van der Waals surface area contributed by atoms with Crippen LogP contribution in [0.5, 0.6) is 0 Å². The number of amides is 1. The maximum absolute atomic E-state index is 13.0. The second-order valence-electron chi connectivity index (χ2n) is 7.77. The fourth-order valence-corrected chi connectivity index (χ4v) is 4.43. The first-order valence-corrected chi connectivity index (χ1v) is 10.0. The van der Waals surface area contributed by atoms with Crippen molar-refractivity contribution in [1.29, 1.82) is 0 Å². The summed E-state index contributed by atoms with van der Waals surface area (Å²) in [4.78, 5) is 29.9. The first-order chi connectivity index (χ1) is 13.6. The Morgan fingerprint density at radius 1 is 1.18 bits per heavy atom. The number of hydrogen-bond acceptors (Lipinski definition) is 4. The first-order valence-electron chi connectivity index (χ1n) is 10.0. The minimum atomic E-state index is -0.268. The Balaban J connectivity index is 1.65. The van der Waals surface area contributed by atoms with Crippen molar-refractivity contribution in [1.82, 2.24) is 10.3 Å². The molecule has 1 aromatic carbocycles. The minimum absolute atomic E-state index is 0.0473. The highest BCUT2D eigenvalue weighted by Crippen LogP contribution is 2.53. The Kier molecular flexibility index (Phi) is 5.27. The molecule has 1 N–H and O–H groups in total. The van der Waals surface area contributed by atoms with Gasteiger partial charge >= 0.3 is 0 Å². The van der Waals surface area contributed by atoms with Crippen LogP contribution < -0.4 is 5.32 Å². The fraction of sp³-hybridized carbons (Fsp3) is 0.435. The molecule has 146 valence electrons. The van der Waals surface area contributed by atoms with Gasteiger partial charge in [0.05, 0.1) is 13.2 Å². The van der Waals surface area contributed by atoms with Gasteiger partial charge in [-0.3, -0.25) is 9.59 Å². The molecule has 5 heteroatoms. The zero-order chi connectivity index (χ0) is 19.7. The maximum atomic E-state index is 13.0. The lowest BCUT2D eigenvalue weighted by atomic mass is 9.91. The zero-order valence-electron chi connectivity index (χ0n) is 16.4. The van der Waals surface area contributed by atoms with Crippen LogP contribution in [-0.2, 0) is 4.74 Å². The van der Waals surface area contributed by atoms with Gasteiger partial charge in [0.15, 0.2) is 5.78 Å². The van der Waals surface area contributed by atoms with Gasteiger partial charge in [0.2, 0.25) is 0 Å². The molecule has 1 saturated carbocycles. The Hall–Kier alpha value is -2.53. The number of Topliss-reactive ketones (excluding diaryl/α,β-unsaturated/α-hetero) is 1. The summed E-state index contributed by atoms with van der Waals surface area (Å²) in [6, 6.07) is 13.6. The summed E-state index contributed by atoms with van der Waals surface area (Å²) in [5.74, 6) is 1.38. The average Bonchev–Trinajstić information content (AvgIpc) is 3.14. The van der Waals surface area contributed by atoms with Crippen LogP contribution in [0.4, 0.5) is 0 Å². The lowest BCUT2D eigenvalue weighted by molar-refractivity contribution is 0.0950. The monoisotopic (exact) mass is 378 g/mol. The molecule has 2 heterocycles. The standard InChI is InChI=1S/C23H26N2O3/c1-3-16(14-7-5-4-6-8-14)20-9-15(10-21(25-20)23(27)24-2)22(26)11-17-18-12-28-13-19(17)18/h4-10,16-19H,3,11-13H2,1-2H3,(H,24,27)/t16-,17?,18-,19+/m1/s1. The second-order valence-corrected chi connectivity index (χ2v) is 7.77. The number of rotatable bonds is 7. The molecular weight excluding hydrogens is 352 g/mol. The average molecular weight is 378 g/mol. The fourth-order valence-electron chi connectivity index (χ4n) is 4.43. The third-order valence-corrected chi connectivity index (χ3v) is 6.14. The number of hydrogen-bond donors (Lipinski definition) is 1. The number of nitrogens with zero attached hydrogens (tertiary/aromatic N) is 1. The number of ether oxygens (including phenoxy) is 1. The molecule has 2 aromatic rings. The molecule has 4 atom stereocenters. The normalized spacial score (nSPS) is 23.7. The van der Waals surface area contributed by atoms with E-state index in [0.717, 1.165) is 30.9 Å². The molecule has 1 aromatic heterocycles. The van der Waals surface area contributed by atoms with Crippen molar-refractivity contribution in [2.45, 2.75) is 25.7 Å². The predicted octanol–water partition coefficient (Wildman–Crippen LogP) is 3.45. The Bertz CT molecular complexity index is 871. The third-order valence-electron chi connectivity index (χ3n) is 6.14. The van der Waals surface area contributed by atoms with Crippen molar-refractivity contribution >= 4 is 11.7 Å². The maximum Gasteiger partial charge on any atom is 0.269 e. The van der Waals surface area contributed by atoms with Crippen LogP contribution in [0.3, 0.4) is 0 Å². The SMILES string of the molecule is CC[C@H](c1ccccc1)c1cc(C(=O)CC2[C@H]3COC[C@@H]23)cc(C(=O)NC)n1. The summed E-state index contributed by atoms with van der Waals surface area (Å²) in [5, 5.41) is 2.63. The summed E-state index contributed by atoms with van der Waals surface area (Å²) in [6.07, 6.45) is 1.36. The van der Waals surface area contributed by atoms with Gasteiger partial charge in [0, 0.05) is 30.6 Å². The van der Waals surface area contributed by atoms with E-state index >= 15 is 0 Å². The molecule has 1 aliphatic carbocycles. The van der Waals surface area contributed by atoms with Crippen molar-refractivity contribution in [2.24, 2.45) is 17.8 Å². The van der Waals surface area contributed by atoms with Crippen molar-refractivity contribution in [3.05, 3.63) is 65.0 Å². The third kappa shape index (κ3) is 3.59. The largest absolute Gasteiger partial charge is 0.381 e. The van der Waals surface area contributed by atoms with Crippen molar-refractivity contribution < 1.29 is 14.3 Å². The van der Waals surface area contributed by atoms with Gasteiger partial charge in [-0.2, -0.15) is 0 Å². The lowest BCUT2D eigenvalue weighted by Gasteiger charge is -2.17. The van der Waals surface area contributed by atoms with E-state index in [1.54, 1.807) is 13.1 Å². The highest BCUT2D eigenvalue weighted by molar-refractivity contribution is 6.00.